The van der Waals surface area contributed by atoms with E-state index in [0.717, 1.165) is 0 Å². The first-order chi connectivity index (χ1) is 9.10. The summed E-state index contributed by atoms with van der Waals surface area (Å²) in [7, 11) is 1.70. The maximum absolute atomic E-state index is 11.9. The number of aromatic nitrogens is 3. The van der Waals surface area contributed by atoms with Crippen molar-refractivity contribution in [1.82, 2.24) is 15.0 Å². The summed E-state index contributed by atoms with van der Waals surface area (Å²) in [6.45, 7) is 0. The summed E-state index contributed by atoms with van der Waals surface area (Å²) in [5.74, 6) is 0.511. The molecule has 0 aromatic carbocycles. The molecule has 2 heterocycles. The van der Waals surface area contributed by atoms with Crippen molar-refractivity contribution in [2.24, 2.45) is 0 Å². The summed E-state index contributed by atoms with van der Waals surface area (Å²) in [5, 5.41) is 5.78. The Morgan fingerprint density at radius 3 is 2.63 bits per heavy atom. The largest absolute Gasteiger partial charge is 0.372 e. The van der Waals surface area contributed by atoms with Crippen molar-refractivity contribution in [1.29, 1.82) is 0 Å². The highest BCUT2D eigenvalue weighted by atomic mass is 79.9. The van der Waals surface area contributed by atoms with Crippen molar-refractivity contribution < 1.29 is 4.79 Å². The van der Waals surface area contributed by atoms with E-state index >= 15 is 0 Å². The lowest BCUT2D eigenvalue weighted by molar-refractivity contribution is 0.102. The lowest BCUT2D eigenvalue weighted by Gasteiger charge is -2.06. The second-order valence-corrected chi connectivity index (χ2v) is 4.70. The van der Waals surface area contributed by atoms with Gasteiger partial charge in [0.2, 0.25) is 0 Å². The Balaban J connectivity index is 2.16. The molecule has 1 amide bonds. The van der Waals surface area contributed by atoms with Crippen molar-refractivity contribution in [3.8, 4) is 0 Å². The number of carbonyl (C=O) groups is 1. The SMILES string of the molecule is CNc1ncc(C(=O)Nc2cnc(Br)cn2)cc1Cl. The highest BCUT2D eigenvalue weighted by Crippen LogP contribution is 2.19. The number of halogens is 2. The summed E-state index contributed by atoms with van der Waals surface area (Å²) >= 11 is 9.12. The molecule has 0 bridgehead atoms. The van der Waals surface area contributed by atoms with Crippen LogP contribution in [0.25, 0.3) is 0 Å². The van der Waals surface area contributed by atoms with Crippen LogP contribution >= 0.6 is 27.5 Å². The molecule has 2 N–H and O–H groups in total. The van der Waals surface area contributed by atoms with E-state index in [2.05, 4.69) is 41.5 Å². The highest BCUT2D eigenvalue weighted by Gasteiger charge is 2.10. The Morgan fingerprint density at radius 2 is 2.05 bits per heavy atom. The van der Waals surface area contributed by atoms with Gasteiger partial charge in [0, 0.05) is 13.2 Å². The van der Waals surface area contributed by atoms with E-state index in [4.69, 9.17) is 11.6 Å². The van der Waals surface area contributed by atoms with Gasteiger partial charge < -0.3 is 10.6 Å². The first kappa shape index (κ1) is 13.7. The van der Waals surface area contributed by atoms with Gasteiger partial charge in [-0.3, -0.25) is 4.79 Å². The Morgan fingerprint density at radius 1 is 1.26 bits per heavy atom. The molecule has 98 valence electrons. The van der Waals surface area contributed by atoms with E-state index in [1.165, 1.54) is 24.7 Å². The second kappa shape index (κ2) is 5.94. The zero-order valence-corrected chi connectivity index (χ0v) is 12.2. The molecule has 0 unspecified atom stereocenters. The molecule has 0 saturated heterocycles. The van der Waals surface area contributed by atoms with Gasteiger partial charge in [0.15, 0.2) is 5.82 Å². The van der Waals surface area contributed by atoms with Crippen LogP contribution in [0.1, 0.15) is 10.4 Å². The van der Waals surface area contributed by atoms with Crippen LogP contribution in [0.5, 0.6) is 0 Å². The summed E-state index contributed by atoms with van der Waals surface area (Å²) < 4.78 is 0.591. The quantitative estimate of drug-likeness (QED) is 0.896. The smallest absolute Gasteiger partial charge is 0.258 e. The number of carbonyl (C=O) groups excluding carboxylic acids is 1. The molecule has 2 aromatic heterocycles. The van der Waals surface area contributed by atoms with Gasteiger partial charge in [0.25, 0.3) is 5.91 Å². The minimum atomic E-state index is -0.353. The monoisotopic (exact) mass is 341 g/mol. The molecular formula is C11H9BrClN5O. The fraction of sp³-hybridized carbons (Fsp3) is 0.0909. The molecule has 0 fully saturated rings. The fourth-order valence-corrected chi connectivity index (χ4v) is 1.78. The Kier molecular flexibility index (Phi) is 4.28. The number of amides is 1. The molecule has 0 spiro atoms. The van der Waals surface area contributed by atoms with E-state index in [1.54, 1.807) is 7.05 Å². The summed E-state index contributed by atoms with van der Waals surface area (Å²) in [6.07, 6.45) is 4.36. The number of nitrogens with one attached hydrogen (secondary N) is 2. The molecule has 0 saturated carbocycles. The Labute approximate surface area is 122 Å². The van der Waals surface area contributed by atoms with Gasteiger partial charge in [-0.05, 0) is 22.0 Å². The lowest BCUT2D eigenvalue weighted by atomic mass is 10.2. The van der Waals surface area contributed by atoms with Crippen molar-refractivity contribution in [3.05, 3.63) is 39.8 Å². The van der Waals surface area contributed by atoms with Crippen LogP contribution in [0.4, 0.5) is 11.6 Å². The topological polar surface area (TPSA) is 79.8 Å². The third-order valence-electron chi connectivity index (χ3n) is 2.20. The standard InChI is InChI=1S/C11H9BrClN5O/c1-14-10-7(13)2-6(3-17-10)11(19)18-9-5-15-8(12)4-16-9/h2-5H,1H3,(H,14,17)(H,16,18,19). The zero-order chi connectivity index (χ0) is 13.8. The summed E-state index contributed by atoms with van der Waals surface area (Å²) in [4.78, 5) is 23.9. The molecule has 0 atom stereocenters. The van der Waals surface area contributed by atoms with Crippen molar-refractivity contribution >= 4 is 45.1 Å². The molecule has 0 radical (unpaired) electrons. The molecule has 2 rings (SSSR count). The number of nitrogens with zero attached hydrogens (tertiary/aromatic N) is 3. The highest BCUT2D eigenvalue weighted by molar-refractivity contribution is 9.10. The van der Waals surface area contributed by atoms with E-state index in [9.17, 15) is 4.79 Å². The molecule has 19 heavy (non-hydrogen) atoms. The van der Waals surface area contributed by atoms with Crippen LogP contribution in [-0.4, -0.2) is 27.9 Å². The summed E-state index contributed by atoms with van der Waals surface area (Å²) in [5.41, 5.74) is 0.341. The van der Waals surface area contributed by atoms with Crippen molar-refractivity contribution in [2.75, 3.05) is 17.7 Å². The van der Waals surface area contributed by atoms with Gasteiger partial charge >= 0.3 is 0 Å². The van der Waals surface area contributed by atoms with Crippen LogP contribution in [0.2, 0.25) is 5.02 Å². The second-order valence-electron chi connectivity index (χ2n) is 3.48. The number of rotatable bonds is 3. The Bertz CT molecular complexity index is 605. The average Bonchev–Trinajstić information content (AvgIpc) is 2.41. The van der Waals surface area contributed by atoms with E-state index in [0.29, 0.717) is 26.8 Å². The number of anilines is 2. The van der Waals surface area contributed by atoms with E-state index in [-0.39, 0.29) is 5.91 Å². The van der Waals surface area contributed by atoms with Gasteiger partial charge in [-0.25, -0.2) is 15.0 Å². The molecule has 2 aromatic rings. The number of hydrogen-bond acceptors (Lipinski definition) is 5. The first-order valence-corrected chi connectivity index (χ1v) is 6.39. The molecule has 0 aliphatic carbocycles. The van der Waals surface area contributed by atoms with Crippen LogP contribution in [0, 0.1) is 0 Å². The van der Waals surface area contributed by atoms with Gasteiger partial charge in [-0.15, -0.1) is 0 Å². The molecule has 0 aliphatic rings. The van der Waals surface area contributed by atoms with Crippen LogP contribution in [0.15, 0.2) is 29.3 Å². The van der Waals surface area contributed by atoms with E-state index in [1.807, 2.05) is 0 Å². The number of pyridine rings is 1. The minimum absolute atomic E-state index is 0.341. The maximum Gasteiger partial charge on any atom is 0.258 e. The van der Waals surface area contributed by atoms with Gasteiger partial charge in [0.05, 0.1) is 23.0 Å². The normalized spacial score (nSPS) is 10.1. The Hall–Kier alpha value is -1.73. The third-order valence-corrected chi connectivity index (χ3v) is 2.90. The number of hydrogen-bond donors (Lipinski definition) is 2. The third kappa shape index (κ3) is 3.39. The van der Waals surface area contributed by atoms with Crippen molar-refractivity contribution in [3.63, 3.8) is 0 Å². The fourth-order valence-electron chi connectivity index (χ4n) is 1.31. The molecule has 0 aliphatic heterocycles. The van der Waals surface area contributed by atoms with Crippen LogP contribution in [-0.2, 0) is 0 Å². The average molecular weight is 343 g/mol. The predicted octanol–water partition coefficient (Wildman–Crippen LogP) is 2.58. The minimum Gasteiger partial charge on any atom is -0.372 e. The zero-order valence-electron chi connectivity index (χ0n) is 9.82. The van der Waals surface area contributed by atoms with Crippen LogP contribution in [0.3, 0.4) is 0 Å². The van der Waals surface area contributed by atoms with E-state index < -0.39 is 0 Å². The maximum atomic E-state index is 11.9. The van der Waals surface area contributed by atoms with Gasteiger partial charge in [-0.2, -0.15) is 0 Å². The molecular weight excluding hydrogens is 334 g/mol. The molecule has 6 nitrogen and oxygen atoms in total. The predicted molar refractivity (Wildman–Crippen MR) is 76.5 cm³/mol. The summed E-state index contributed by atoms with van der Waals surface area (Å²) in [6, 6.07) is 1.53. The first-order valence-electron chi connectivity index (χ1n) is 5.22. The van der Waals surface area contributed by atoms with Gasteiger partial charge in [0.1, 0.15) is 10.4 Å². The molecule has 8 heteroatoms. The lowest BCUT2D eigenvalue weighted by Crippen LogP contribution is -2.13. The van der Waals surface area contributed by atoms with Crippen molar-refractivity contribution in [2.45, 2.75) is 0 Å². The van der Waals surface area contributed by atoms with Gasteiger partial charge in [-0.1, -0.05) is 11.6 Å². The van der Waals surface area contributed by atoms with Crippen LogP contribution < -0.4 is 10.6 Å².